The maximum absolute atomic E-state index is 12.9. The summed E-state index contributed by atoms with van der Waals surface area (Å²) in [6.45, 7) is 2.55. The first kappa shape index (κ1) is 19.0. The molecule has 1 aliphatic heterocycles. The molecule has 0 saturated carbocycles. The van der Waals surface area contributed by atoms with Crippen LogP contribution in [0.25, 0.3) is 5.76 Å². The smallest absolute Gasteiger partial charge is 0.296 e. The molecule has 1 N–H and O–H groups in total. The zero-order valence-corrected chi connectivity index (χ0v) is 16.5. The molecular formula is C22H19NO5S. The minimum atomic E-state index is -0.707. The molecule has 7 heteroatoms. The van der Waals surface area contributed by atoms with Crippen molar-refractivity contribution in [3.63, 3.8) is 0 Å². The van der Waals surface area contributed by atoms with Gasteiger partial charge in [0, 0.05) is 10.4 Å². The maximum Gasteiger partial charge on any atom is 0.296 e. The molecule has 1 fully saturated rings. The highest BCUT2D eigenvalue weighted by atomic mass is 32.1. The van der Waals surface area contributed by atoms with Gasteiger partial charge in [0.1, 0.15) is 23.3 Å². The number of amides is 1. The Morgan fingerprint density at radius 3 is 2.59 bits per heavy atom. The van der Waals surface area contributed by atoms with Gasteiger partial charge in [-0.1, -0.05) is 6.07 Å². The average Bonchev–Trinajstić information content (AvgIpc) is 3.47. The van der Waals surface area contributed by atoms with Gasteiger partial charge in [-0.3, -0.25) is 9.59 Å². The van der Waals surface area contributed by atoms with Crippen LogP contribution in [0.4, 0.5) is 0 Å². The van der Waals surface area contributed by atoms with Crippen molar-refractivity contribution >= 4 is 28.8 Å². The Morgan fingerprint density at radius 2 is 1.97 bits per heavy atom. The molecule has 148 valence electrons. The van der Waals surface area contributed by atoms with Gasteiger partial charge in [0.15, 0.2) is 0 Å². The average molecular weight is 409 g/mol. The summed E-state index contributed by atoms with van der Waals surface area (Å²) in [5, 5.41) is 12.8. The van der Waals surface area contributed by atoms with Crippen molar-refractivity contribution in [3.05, 3.63) is 81.9 Å². The van der Waals surface area contributed by atoms with Gasteiger partial charge >= 0.3 is 0 Å². The minimum Gasteiger partial charge on any atom is -0.507 e. The van der Waals surface area contributed by atoms with Crippen molar-refractivity contribution in [2.75, 3.05) is 6.61 Å². The van der Waals surface area contributed by atoms with Gasteiger partial charge in [0.25, 0.3) is 11.7 Å². The van der Waals surface area contributed by atoms with Crippen LogP contribution >= 0.6 is 11.3 Å². The second-order valence-electron chi connectivity index (χ2n) is 6.48. The summed E-state index contributed by atoms with van der Waals surface area (Å²) < 4.78 is 10.8. The Bertz CT molecular complexity index is 1040. The number of furan rings is 1. The van der Waals surface area contributed by atoms with Gasteiger partial charge in [0.2, 0.25) is 0 Å². The van der Waals surface area contributed by atoms with Crippen LogP contribution in [0, 0.1) is 0 Å². The maximum atomic E-state index is 12.9. The molecule has 6 nitrogen and oxygen atoms in total. The zero-order valence-electron chi connectivity index (χ0n) is 15.7. The number of carbonyl (C=O) groups excluding carboxylic acids is 2. The number of thiophene rings is 1. The molecule has 0 bridgehead atoms. The summed E-state index contributed by atoms with van der Waals surface area (Å²) in [6, 6.07) is 13.3. The van der Waals surface area contributed by atoms with E-state index in [0.29, 0.717) is 23.7 Å². The third-order valence-electron chi connectivity index (χ3n) is 4.70. The minimum absolute atomic E-state index is 0.0770. The van der Waals surface area contributed by atoms with E-state index in [1.807, 2.05) is 24.4 Å². The fraction of sp³-hybridized carbons (Fsp3) is 0.182. The molecule has 1 aromatic carbocycles. The first-order valence-electron chi connectivity index (χ1n) is 9.17. The second kappa shape index (κ2) is 7.97. The van der Waals surface area contributed by atoms with Crippen molar-refractivity contribution in [2.24, 2.45) is 0 Å². The van der Waals surface area contributed by atoms with Crippen molar-refractivity contribution in [3.8, 4) is 5.75 Å². The van der Waals surface area contributed by atoms with Crippen LogP contribution in [-0.4, -0.2) is 28.3 Å². The highest BCUT2D eigenvalue weighted by Gasteiger charge is 2.46. The Hall–Kier alpha value is -3.32. The number of carbonyl (C=O) groups is 2. The van der Waals surface area contributed by atoms with Gasteiger partial charge < -0.3 is 19.2 Å². The van der Waals surface area contributed by atoms with Crippen molar-refractivity contribution in [2.45, 2.75) is 19.5 Å². The Balaban J connectivity index is 1.78. The lowest BCUT2D eigenvalue weighted by Crippen LogP contribution is -2.28. The predicted molar refractivity (Wildman–Crippen MR) is 108 cm³/mol. The largest absolute Gasteiger partial charge is 0.507 e. The molecule has 0 unspecified atom stereocenters. The third-order valence-corrected chi connectivity index (χ3v) is 5.62. The molecule has 3 heterocycles. The molecule has 2 aromatic heterocycles. The molecule has 3 aromatic rings. The number of Topliss-reactive ketones (excluding diaryl/α,β-unsaturated/α-hetero) is 1. The first-order valence-corrected chi connectivity index (χ1v) is 10.1. The monoisotopic (exact) mass is 409 g/mol. The molecule has 1 amide bonds. The number of ketones is 1. The van der Waals surface area contributed by atoms with Crippen molar-refractivity contribution < 1.29 is 23.8 Å². The zero-order chi connectivity index (χ0) is 20.4. The number of rotatable bonds is 6. The van der Waals surface area contributed by atoms with Crippen LogP contribution in [0.1, 0.15) is 29.2 Å². The van der Waals surface area contributed by atoms with Crippen molar-refractivity contribution in [1.29, 1.82) is 0 Å². The Labute approximate surface area is 171 Å². The number of ether oxygens (including phenoxy) is 1. The van der Waals surface area contributed by atoms with Crippen LogP contribution in [0.3, 0.4) is 0 Å². The fourth-order valence-corrected chi connectivity index (χ4v) is 4.23. The summed E-state index contributed by atoms with van der Waals surface area (Å²) >= 11 is 1.42. The number of benzene rings is 1. The molecule has 1 aliphatic rings. The number of hydrogen-bond acceptors (Lipinski definition) is 6. The first-order chi connectivity index (χ1) is 14.1. The van der Waals surface area contributed by atoms with E-state index in [0.717, 1.165) is 4.88 Å². The van der Waals surface area contributed by atoms with Gasteiger partial charge in [-0.25, -0.2) is 0 Å². The highest BCUT2D eigenvalue weighted by Crippen LogP contribution is 2.41. The number of aliphatic hydroxyl groups is 1. The van der Waals surface area contributed by atoms with E-state index >= 15 is 0 Å². The quantitative estimate of drug-likeness (QED) is 0.372. The molecule has 4 rings (SSSR count). The number of hydrogen-bond donors (Lipinski definition) is 1. The normalized spacial score (nSPS) is 18.4. The Kier molecular flexibility index (Phi) is 5.22. The summed E-state index contributed by atoms with van der Waals surface area (Å²) in [7, 11) is 0. The lowest BCUT2D eigenvalue weighted by Gasteiger charge is -2.23. The van der Waals surface area contributed by atoms with Crippen LogP contribution in [0.15, 0.2) is 70.2 Å². The number of nitrogens with zero attached hydrogens (tertiary/aromatic N) is 1. The summed E-state index contributed by atoms with van der Waals surface area (Å²) in [5.41, 5.74) is 0.527. The van der Waals surface area contributed by atoms with Gasteiger partial charge in [-0.2, -0.15) is 0 Å². The molecule has 0 spiro atoms. The third kappa shape index (κ3) is 3.56. The van der Waals surface area contributed by atoms with E-state index in [1.54, 1.807) is 36.4 Å². The predicted octanol–water partition coefficient (Wildman–Crippen LogP) is 4.36. The van der Waals surface area contributed by atoms with Gasteiger partial charge in [0.05, 0.1) is 25.0 Å². The van der Waals surface area contributed by atoms with Gasteiger partial charge in [-0.05, 0) is 54.8 Å². The van der Waals surface area contributed by atoms with Crippen LogP contribution in [-0.2, 0) is 16.1 Å². The molecule has 1 saturated heterocycles. The van der Waals surface area contributed by atoms with Crippen LogP contribution in [0.2, 0.25) is 0 Å². The summed E-state index contributed by atoms with van der Waals surface area (Å²) in [5.74, 6) is -0.341. The molecule has 1 atom stereocenters. The standard InChI is InChI=1S/C22H19NO5S/c1-2-27-15-9-7-14(8-10-15)20(24)18-19(17-6-4-12-29-17)23(22(26)21(18)25)13-16-5-3-11-28-16/h3-12,19,24H,2,13H2,1H3/t19-/m0/s1. The van der Waals surface area contributed by atoms with E-state index in [9.17, 15) is 14.7 Å². The van der Waals surface area contributed by atoms with Crippen LogP contribution < -0.4 is 4.74 Å². The fourth-order valence-electron chi connectivity index (χ4n) is 3.39. The van der Waals surface area contributed by atoms with E-state index < -0.39 is 17.7 Å². The molecule has 0 aliphatic carbocycles. The molecule has 29 heavy (non-hydrogen) atoms. The van der Waals surface area contributed by atoms with Crippen LogP contribution in [0.5, 0.6) is 5.75 Å². The molecular weight excluding hydrogens is 390 g/mol. The second-order valence-corrected chi connectivity index (χ2v) is 7.46. The Morgan fingerprint density at radius 1 is 1.17 bits per heavy atom. The van der Waals surface area contributed by atoms with Gasteiger partial charge in [-0.15, -0.1) is 11.3 Å². The van der Waals surface area contributed by atoms with E-state index in [-0.39, 0.29) is 17.9 Å². The lowest BCUT2D eigenvalue weighted by molar-refractivity contribution is -0.140. The summed E-state index contributed by atoms with van der Waals surface area (Å²) in [4.78, 5) is 27.9. The number of aliphatic hydroxyl groups excluding tert-OH is 1. The van der Waals surface area contributed by atoms with Crippen molar-refractivity contribution in [1.82, 2.24) is 4.90 Å². The van der Waals surface area contributed by atoms with E-state index in [4.69, 9.17) is 9.15 Å². The number of likely N-dealkylation sites (tertiary alicyclic amines) is 1. The van der Waals surface area contributed by atoms with E-state index in [1.165, 1.54) is 22.5 Å². The summed E-state index contributed by atoms with van der Waals surface area (Å²) in [6.07, 6.45) is 1.52. The molecule has 0 radical (unpaired) electrons. The lowest BCUT2D eigenvalue weighted by atomic mass is 10.00. The highest BCUT2D eigenvalue weighted by molar-refractivity contribution is 7.10. The SMILES string of the molecule is CCOc1ccc(C(O)=C2C(=O)C(=O)N(Cc3ccco3)[C@H]2c2cccs2)cc1. The topological polar surface area (TPSA) is 80.0 Å². The van der Waals surface area contributed by atoms with E-state index in [2.05, 4.69) is 0 Å².